The number of nitrogens with zero attached hydrogens (tertiary/aromatic N) is 1. The number of carbonyl (C=O) groups is 1. The van der Waals surface area contributed by atoms with Crippen LogP contribution in [0.2, 0.25) is 0 Å². The minimum Gasteiger partial charge on any atom is -0.490 e. The first-order valence-corrected chi connectivity index (χ1v) is 6.12. The molecule has 6 heteroatoms. The molecular formula is C15H12FNO4. The molecule has 0 saturated carbocycles. The van der Waals surface area contributed by atoms with Crippen molar-refractivity contribution in [1.82, 2.24) is 0 Å². The second kappa shape index (κ2) is 6.13. The van der Waals surface area contributed by atoms with E-state index < -0.39 is 16.5 Å². The molecule has 0 fully saturated rings. The van der Waals surface area contributed by atoms with Crippen molar-refractivity contribution in [2.75, 3.05) is 7.11 Å². The van der Waals surface area contributed by atoms with Gasteiger partial charge in [0.15, 0.2) is 11.5 Å². The number of ether oxygens (including phenoxy) is 1. The van der Waals surface area contributed by atoms with Gasteiger partial charge in [0.1, 0.15) is 5.82 Å². The van der Waals surface area contributed by atoms with Crippen molar-refractivity contribution >= 4 is 11.5 Å². The number of nitro benzene ring substituents is 1. The fourth-order valence-corrected chi connectivity index (χ4v) is 1.92. The lowest BCUT2D eigenvalue weighted by molar-refractivity contribution is -0.385. The van der Waals surface area contributed by atoms with Crippen LogP contribution in [0.25, 0.3) is 0 Å². The molecule has 0 aliphatic heterocycles. The van der Waals surface area contributed by atoms with Crippen LogP contribution in [0.3, 0.4) is 0 Å². The monoisotopic (exact) mass is 289 g/mol. The van der Waals surface area contributed by atoms with Gasteiger partial charge in [-0.2, -0.15) is 0 Å². The normalized spacial score (nSPS) is 10.2. The average molecular weight is 289 g/mol. The maximum absolute atomic E-state index is 13.5. The van der Waals surface area contributed by atoms with Crippen LogP contribution in [0.5, 0.6) is 5.75 Å². The van der Waals surface area contributed by atoms with Gasteiger partial charge in [-0.25, -0.2) is 4.39 Å². The smallest absolute Gasteiger partial charge is 0.311 e. The molecule has 0 N–H and O–H groups in total. The molecule has 2 aromatic carbocycles. The Morgan fingerprint density at radius 2 is 2.00 bits per heavy atom. The lowest BCUT2D eigenvalue weighted by atomic mass is 10.0. The third-order valence-electron chi connectivity index (χ3n) is 3.01. The van der Waals surface area contributed by atoms with Crippen molar-refractivity contribution in [2.45, 2.75) is 6.42 Å². The average Bonchev–Trinajstić information content (AvgIpc) is 2.48. The van der Waals surface area contributed by atoms with Crippen molar-refractivity contribution in [3.8, 4) is 5.75 Å². The lowest BCUT2D eigenvalue weighted by Gasteiger charge is -2.05. The van der Waals surface area contributed by atoms with Gasteiger partial charge < -0.3 is 4.74 Å². The quantitative estimate of drug-likeness (QED) is 0.481. The van der Waals surface area contributed by atoms with Crippen LogP contribution >= 0.6 is 0 Å². The maximum atomic E-state index is 13.5. The first kappa shape index (κ1) is 14.6. The second-order valence-corrected chi connectivity index (χ2v) is 4.34. The minimum atomic E-state index is -0.626. The summed E-state index contributed by atoms with van der Waals surface area (Å²) in [4.78, 5) is 22.4. The summed E-state index contributed by atoms with van der Waals surface area (Å²) in [5.74, 6) is -0.804. The predicted octanol–water partition coefficient (Wildman–Crippen LogP) is 3.17. The van der Waals surface area contributed by atoms with Crippen LogP contribution in [0.4, 0.5) is 10.1 Å². The summed E-state index contributed by atoms with van der Waals surface area (Å²) >= 11 is 0. The van der Waals surface area contributed by atoms with E-state index in [9.17, 15) is 19.3 Å². The third-order valence-corrected chi connectivity index (χ3v) is 3.01. The van der Waals surface area contributed by atoms with Crippen LogP contribution in [0.15, 0.2) is 42.5 Å². The van der Waals surface area contributed by atoms with Crippen molar-refractivity contribution in [2.24, 2.45) is 0 Å². The van der Waals surface area contributed by atoms with E-state index in [-0.39, 0.29) is 29.0 Å². The van der Waals surface area contributed by atoms with Gasteiger partial charge in [-0.05, 0) is 23.8 Å². The van der Waals surface area contributed by atoms with E-state index in [0.717, 1.165) is 6.07 Å². The molecule has 5 nitrogen and oxygen atoms in total. The molecule has 0 aromatic heterocycles. The molecule has 0 saturated heterocycles. The van der Waals surface area contributed by atoms with Crippen molar-refractivity contribution in [3.63, 3.8) is 0 Å². The van der Waals surface area contributed by atoms with E-state index in [0.29, 0.717) is 0 Å². The Balaban J connectivity index is 2.30. The molecule has 0 heterocycles. The van der Waals surface area contributed by atoms with Crippen molar-refractivity contribution in [1.29, 1.82) is 0 Å². The summed E-state index contributed by atoms with van der Waals surface area (Å²) < 4.78 is 18.4. The molecule has 0 atom stereocenters. The summed E-state index contributed by atoms with van der Waals surface area (Å²) in [6.07, 6.45) is -0.157. The molecule has 0 aliphatic carbocycles. The Morgan fingerprint density at radius 1 is 1.29 bits per heavy atom. The minimum absolute atomic E-state index is 0.0717. The number of hydrogen-bond acceptors (Lipinski definition) is 4. The molecule has 0 amide bonds. The largest absolute Gasteiger partial charge is 0.490 e. The van der Waals surface area contributed by atoms with E-state index in [1.807, 2.05) is 0 Å². The van der Waals surface area contributed by atoms with Crippen LogP contribution in [0, 0.1) is 15.9 Å². The molecule has 2 rings (SSSR count). The topological polar surface area (TPSA) is 69.4 Å². The molecule has 0 bridgehead atoms. The highest BCUT2D eigenvalue weighted by Crippen LogP contribution is 2.28. The number of carbonyl (C=O) groups excluding carboxylic acids is 1. The van der Waals surface area contributed by atoms with E-state index in [4.69, 9.17) is 4.74 Å². The Hall–Kier alpha value is -2.76. The Kier molecular flexibility index (Phi) is 4.27. The number of halogens is 1. The van der Waals surface area contributed by atoms with Gasteiger partial charge in [0.2, 0.25) is 0 Å². The first-order chi connectivity index (χ1) is 10.0. The van der Waals surface area contributed by atoms with Crippen molar-refractivity contribution < 1.29 is 18.8 Å². The fourth-order valence-electron chi connectivity index (χ4n) is 1.92. The van der Waals surface area contributed by atoms with E-state index in [1.54, 1.807) is 6.07 Å². The molecule has 0 radical (unpaired) electrons. The van der Waals surface area contributed by atoms with Gasteiger partial charge in [-0.1, -0.05) is 18.2 Å². The zero-order valence-electron chi connectivity index (χ0n) is 11.2. The maximum Gasteiger partial charge on any atom is 0.311 e. The molecule has 108 valence electrons. The van der Waals surface area contributed by atoms with E-state index in [1.165, 1.54) is 37.4 Å². The number of Topliss-reactive ketones (excluding diaryl/α,β-unsaturated/α-hetero) is 1. The van der Waals surface area contributed by atoms with E-state index in [2.05, 4.69) is 0 Å². The SMILES string of the molecule is COc1ccc(C(=O)Cc2ccccc2F)cc1[N+](=O)[O-]. The van der Waals surface area contributed by atoms with Crippen molar-refractivity contribution in [3.05, 3.63) is 69.5 Å². The van der Waals surface area contributed by atoms with Crippen LogP contribution < -0.4 is 4.74 Å². The van der Waals surface area contributed by atoms with Gasteiger partial charge >= 0.3 is 5.69 Å². The van der Waals surface area contributed by atoms with Gasteiger partial charge in [0, 0.05) is 18.1 Å². The number of methoxy groups -OCH3 is 1. The number of rotatable bonds is 5. The molecular weight excluding hydrogens is 277 g/mol. The molecule has 0 aliphatic rings. The predicted molar refractivity (Wildman–Crippen MR) is 74.1 cm³/mol. The van der Waals surface area contributed by atoms with E-state index >= 15 is 0 Å². The Morgan fingerprint density at radius 3 is 2.62 bits per heavy atom. The highest BCUT2D eigenvalue weighted by Gasteiger charge is 2.18. The number of hydrogen-bond donors (Lipinski definition) is 0. The second-order valence-electron chi connectivity index (χ2n) is 4.34. The molecule has 21 heavy (non-hydrogen) atoms. The highest BCUT2D eigenvalue weighted by atomic mass is 19.1. The zero-order chi connectivity index (χ0) is 15.4. The summed E-state index contributed by atoms with van der Waals surface area (Å²) in [5.41, 5.74) is 0.101. The first-order valence-electron chi connectivity index (χ1n) is 6.12. The van der Waals surface area contributed by atoms with Gasteiger partial charge in [0.05, 0.1) is 12.0 Å². The van der Waals surface area contributed by atoms with Crippen LogP contribution in [-0.2, 0) is 6.42 Å². The highest BCUT2D eigenvalue weighted by molar-refractivity contribution is 5.98. The summed E-state index contributed by atoms with van der Waals surface area (Å²) in [6.45, 7) is 0. The number of ketones is 1. The Bertz CT molecular complexity index is 700. The molecule has 0 spiro atoms. The van der Waals surface area contributed by atoms with Crippen LogP contribution in [0.1, 0.15) is 15.9 Å². The fraction of sp³-hybridized carbons (Fsp3) is 0.133. The Labute approximate surface area is 120 Å². The standard InChI is InChI=1S/C15H12FNO4/c1-21-15-7-6-11(8-13(15)17(19)20)14(18)9-10-4-2-3-5-12(10)16/h2-8H,9H2,1H3. The van der Waals surface area contributed by atoms with Gasteiger partial charge in [-0.3, -0.25) is 14.9 Å². The summed E-state index contributed by atoms with van der Waals surface area (Å²) in [7, 11) is 1.31. The number of benzene rings is 2. The zero-order valence-corrected chi connectivity index (χ0v) is 11.2. The summed E-state index contributed by atoms with van der Waals surface area (Å²) in [5, 5.41) is 10.9. The molecule has 0 unspecified atom stereocenters. The molecule has 2 aromatic rings. The van der Waals surface area contributed by atoms with Gasteiger partial charge in [-0.15, -0.1) is 0 Å². The van der Waals surface area contributed by atoms with Gasteiger partial charge in [0.25, 0.3) is 0 Å². The summed E-state index contributed by atoms with van der Waals surface area (Å²) in [6, 6.07) is 9.84. The lowest BCUT2D eigenvalue weighted by Crippen LogP contribution is -2.06. The van der Waals surface area contributed by atoms with Crippen LogP contribution in [-0.4, -0.2) is 17.8 Å². The third kappa shape index (κ3) is 3.22. The number of nitro groups is 1.